The lowest BCUT2D eigenvalue weighted by molar-refractivity contribution is 0.243. The van der Waals surface area contributed by atoms with Gasteiger partial charge in [0, 0.05) is 58.3 Å². The number of piperazine rings is 1. The highest BCUT2D eigenvalue weighted by molar-refractivity contribution is 5.06. The number of hydrogen-bond donors (Lipinski definition) is 1. The average Bonchev–Trinajstić information content (AvgIpc) is 2.80. The zero-order chi connectivity index (χ0) is 11.5. The van der Waals surface area contributed by atoms with Crippen LogP contribution in [0.25, 0.3) is 0 Å². The Morgan fingerprint density at radius 1 is 1.18 bits per heavy atom. The van der Waals surface area contributed by atoms with Crippen LogP contribution in [0.5, 0.6) is 0 Å². The van der Waals surface area contributed by atoms with Gasteiger partial charge in [-0.25, -0.2) is 4.98 Å². The molecule has 1 N–H and O–H groups in total. The summed E-state index contributed by atoms with van der Waals surface area (Å²) in [5, 5.41) is 3.39. The van der Waals surface area contributed by atoms with E-state index in [1.54, 1.807) is 0 Å². The van der Waals surface area contributed by atoms with Crippen LogP contribution >= 0.6 is 0 Å². The van der Waals surface area contributed by atoms with Gasteiger partial charge in [-0.15, -0.1) is 0 Å². The maximum Gasteiger partial charge on any atom is 0.108 e. The van der Waals surface area contributed by atoms with Gasteiger partial charge < -0.3 is 14.8 Å². The Kier molecular flexibility index (Phi) is 3.43. The van der Waals surface area contributed by atoms with E-state index in [0.717, 1.165) is 26.1 Å². The fraction of sp³-hybridized carbons (Fsp3) is 0.769. The van der Waals surface area contributed by atoms with E-state index in [2.05, 4.69) is 21.0 Å². The van der Waals surface area contributed by atoms with E-state index in [4.69, 9.17) is 4.98 Å². The monoisotopic (exact) mass is 234 g/mol. The third-order valence-electron chi connectivity index (χ3n) is 3.85. The van der Waals surface area contributed by atoms with Crippen molar-refractivity contribution in [3.8, 4) is 0 Å². The number of aryl methyl sites for hydroxylation is 2. The molecule has 94 valence electrons. The number of fused-ring (bicyclic) bond motifs is 1. The van der Waals surface area contributed by atoms with Crippen molar-refractivity contribution < 1.29 is 0 Å². The summed E-state index contributed by atoms with van der Waals surface area (Å²) in [6.45, 7) is 6.99. The first-order chi connectivity index (χ1) is 8.42. The Morgan fingerprint density at radius 3 is 2.88 bits per heavy atom. The summed E-state index contributed by atoms with van der Waals surface area (Å²) in [5.74, 6) is 1.31. The molecule has 0 aromatic carbocycles. The minimum atomic E-state index is 1.11. The second-order valence-corrected chi connectivity index (χ2v) is 5.14. The third-order valence-corrected chi connectivity index (χ3v) is 3.85. The minimum absolute atomic E-state index is 1.11. The molecule has 0 bridgehead atoms. The fourth-order valence-electron chi connectivity index (χ4n) is 2.80. The Labute approximate surface area is 103 Å². The molecule has 0 amide bonds. The first kappa shape index (κ1) is 11.2. The van der Waals surface area contributed by atoms with E-state index in [1.807, 2.05) is 0 Å². The fourth-order valence-corrected chi connectivity index (χ4v) is 2.80. The van der Waals surface area contributed by atoms with Crippen molar-refractivity contribution in [2.75, 3.05) is 32.7 Å². The summed E-state index contributed by atoms with van der Waals surface area (Å²) >= 11 is 0. The van der Waals surface area contributed by atoms with Gasteiger partial charge in [0.05, 0.1) is 5.69 Å². The first-order valence-electron chi connectivity index (χ1n) is 6.90. The van der Waals surface area contributed by atoms with Gasteiger partial charge in [0.15, 0.2) is 0 Å². The predicted octanol–water partition coefficient (Wildman–Crippen LogP) is 0.667. The third kappa shape index (κ3) is 2.69. The highest BCUT2D eigenvalue weighted by atomic mass is 15.2. The molecule has 2 aliphatic rings. The van der Waals surface area contributed by atoms with Gasteiger partial charge in [-0.3, -0.25) is 0 Å². The van der Waals surface area contributed by atoms with Crippen molar-refractivity contribution in [3.05, 3.63) is 17.7 Å². The van der Waals surface area contributed by atoms with E-state index in [9.17, 15) is 0 Å². The molecule has 0 unspecified atom stereocenters. The number of imidazole rings is 1. The van der Waals surface area contributed by atoms with Crippen LogP contribution in [-0.2, 0) is 19.4 Å². The molecule has 0 radical (unpaired) electrons. The summed E-state index contributed by atoms with van der Waals surface area (Å²) < 4.78 is 2.36. The predicted molar refractivity (Wildman–Crippen MR) is 68.2 cm³/mol. The Bertz CT molecular complexity index is 342. The molecule has 4 heteroatoms. The number of hydrogen-bond acceptors (Lipinski definition) is 3. The van der Waals surface area contributed by atoms with E-state index >= 15 is 0 Å². The van der Waals surface area contributed by atoms with E-state index < -0.39 is 0 Å². The van der Waals surface area contributed by atoms with Crippen molar-refractivity contribution in [1.29, 1.82) is 0 Å². The van der Waals surface area contributed by atoms with Gasteiger partial charge in [0.2, 0.25) is 0 Å². The lowest BCUT2D eigenvalue weighted by Crippen LogP contribution is -2.44. The van der Waals surface area contributed by atoms with Gasteiger partial charge in [-0.2, -0.15) is 0 Å². The Hall–Kier alpha value is -0.870. The summed E-state index contributed by atoms with van der Waals surface area (Å²) in [6, 6.07) is 0. The molecular formula is C13H22N4. The van der Waals surface area contributed by atoms with E-state index in [1.165, 1.54) is 50.4 Å². The number of nitrogens with zero attached hydrogens (tertiary/aromatic N) is 3. The Morgan fingerprint density at radius 2 is 2.06 bits per heavy atom. The van der Waals surface area contributed by atoms with Crippen molar-refractivity contribution in [2.45, 2.75) is 32.2 Å². The smallest absolute Gasteiger partial charge is 0.108 e. The second-order valence-electron chi connectivity index (χ2n) is 5.14. The lowest BCUT2D eigenvalue weighted by Gasteiger charge is -2.26. The summed E-state index contributed by atoms with van der Waals surface area (Å²) in [7, 11) is 0. The van der Waals surface area contributed by atoms with Crippen LogP contribution in [0.1, 0.15) is 24.4 Å². The van der Waals surface area contributed by atoms with Crippen molar-refractivity contribution in [2.24, 2.45) is 0 Å². The first-order valence-corrected chi connectivity index (χ1v) is 6.90. The quantitative estimate of drug-likeness (QED) is 0.834. The van der Waals surface area contributed by atoms with Crippen LogP contribution in [0.4, 0.5) is 0 Å². The molecule has 1 fully saturated rings. The summed E-state index contributed by atoms with van der Waals surface area (Å²) in [6.07, 6.45) is 7.19. The van der Waals surface area contributed by atoms with Crippen molar-refractivity contribution in [3.63, 3.8) is 0 Å². The molecule has 1 aromatic rings. The summed E-state index contributed by atoms with van der Waals surface area (Å²) in [5.41, 5.74) is 1.29. The molecule has 4 nitrogen and oxygen atoms in total. The van der Waals surface area contributed by atoms with E-state index in [-0.39, 0.29) is 0 Å². The van der Waals surface area contributed by atoms with Crippen molar-refractivity contribution >= 4 is 0 Å². The molecule has 0 atom stereocenters. The topological polar surface area (TPSA) is 33.1 Å². The normalized spacial score (nSPS) is 21.4. The molecule has 2 aliphatic heterocycles. The highest BCUT2D eigenvalue weighted by Crippen LogP contribution is 2.14. The Balaban J connectivity index is 1.55. The zero-order valence-corrected chi connectivity index (χ0v) is 10.5. The second kappa shape index (κ2) is 5.19. The van der Waals surface area contributed by atoms with Gasteiger partial charge in [0.1, 0.15) is 5.82 Å². The highest BCUT2D eigenvalue weighted by Gasteiger charge is 2.14. The SMILES string of the molecule is c1c(CCN2CCNCC2)nc2n1CCCC2. The molecule has 17 heavy (non-hydrogen) atoms. The van der Waals surface area contributed by atoms with E-state index in [0.29, 0.717) is 0 Å². The lowest BCUT2D eigenvalue weighted by atomic mass is 10.2. The van der Waals surface area contributed by atoms with Crippen LogP contribution in [0.15, 0.2) is 6.20 Å². The van der Waals surface area contributed by atoms with Crippen molar-refractivity contribution in [1.82, 2.24) is 19.8 Å². The van der Waals surface area contributed by atoms with Gasteiger partial charge >= 0.3 is 0 Å². The molecule has 0 saturated carbocycles. The number of aromatic nitrogens is 2. The largest absolute Gasteiger partial charge is 0.335 e. The van der Waals surface area contributed by atoms with Gasteiger partial charge in [0.25, 0.3) is 0 Å². The van der Waals surface area contributed by atoms with Crippen LogP contribution in [0.3, 0.4) is 0 Å². The maximum atomic E-state index is 4.76. The van der Waals surface area contributed by atoms with Gasteiger partial charge in [-0.1, -0.05) is 0 Å². The van der Waals surface area contributed by atoms with Crippen LogP contribution in [0, 0.1) is 0 Å². The average molecular weight is 234 g/mol. The number of nitrogens with one attached hydrogen (secondary N) is 1. The number of rotatable bonds is 3. The van der Waals surface area contributed by atoms with Crippen LogP contribution in [0.2, 0.25) is 0 Å². The molecule has 0 spiro atoms. The minimum Gasteiger partial charge on any atom is -0.335 e. The molecular weight excluding hydrogens is 212 g/mol. The maximum absolute atomic E-state index is 4.76. The van der Waals surface area contributed by atoms with Gasteiger partial charge in [-0.05, 0) is 12.8 Å². The molecule has 0 aliphatic carbocycles. The molecule has 3 heterocycles. The molecule has 3 rings (SSSR count). The van der Waals surface area contributed by atoms with Crippen LogP contribution < -0.4 is 5.32 Å². The standard InChI is InChI=1S/C13H22N4/c1-2-7-17-11-12(15-13(17)3-1)4-8-16-9-5-14-6-10-16/h11,14H,1-10H2. The summed E-state index contributed by atoms with van der Waals surface area (Å²) in [4.78, 5) is 7.29. The zero-order valence-electron chi connectivity index (χ0n) is 10.5. The van der Waals surface area contributed by atoms with Crippen LogP contribution in [-0.4, -0.2) is 47.2 Å². The molecule has 1 saturated heterocycles. The molecule has 1 aromatic heterocycles.